The second-order valence-corrected chi connectivity index (χ2v) is 5.59. The van der Waals surface area contributed by atoms with Crippen LogP contribution in [0.4, 0.5) is 4.79 Å². The predicted octanol–water partition coefficient (Wildman–Crippen LogP) is 0.572. The number of carbonyl (C=O) groups is 2. The first-order chi connectivity index (χ1) is 7.93. The number of piperidine rings is 1. The Labute approximate surface area is 107 Å². The second kappa shape index (κ2) is 4.49. The Morgan fingerprint density at radius 2 is 2.06 bits per heavy atom. The fraction of sp³-hybridized carbons (Fsp3) is 0.818. The van der Waals surface area contributed by atoms with Gasteiger partial charge in [-0.1, -0.05) is 26.5 Å². The van der Waals surface area contributed by atoms with E-state index in [0.29, 0.717) is 13.1 Å². The van der Waals surface area contributed by atoms with Crippen LogP contribution in [-0.4, -0.2) is 40.8 Å². The van der Waals surface area contributed by atoms with Crippen LogP contribution in [0.1, 0.15) is 26.7 Å². The molecule has 6 heteroatoms. The van der Waals surface area contributed by atoms with Gasteiger partial charge in [-0.2, -0.15) is 0 Å². The standard InChI is InChI=1S/C11H19N3O2S/c1-7(2)8-9(15)13-11(12-8)3-5-14(6-4-11)10(16)17/h7-8,12H,3-6H2,1-2H3,(H,13,15)(H,16,17)/t8-/m0/s1. The minimum Gasteiger partial charge on any atom is -0.337 e. The van der Waals surface area contributed by atoms with Crippen molar-refractivity contribution in [1.29, 1.82) is 0 Å². The van der Waals surface area contributed by atoms with E-state index in [4.69, 9.17) is 0 Å². The molecule has 2 rings (SSSR count). The highest BCUT2D eigenvalue weighted by Crippen LogP contribution is 2.26. The molecule has 2 amide bonds. The normalized spacial score (nSPS) is 27.6. The highest BCUT2D eigenvalue weighted by atomic mass is 32.1. The molecule has 0 aromatic heterocycles. The minimum atomic E-state index is -0.314. The lowest BCUT2D eigenvalue weighted by molar-refractivity contribution is -0.121. The molecule has 96 valence electrons. The van der Waals surface area contributed by atoms with Crippen LogP contribution < -0.4 is 10.6 Å². The van der Waals surface area contributed by atoms with Gasteiger partial charge in [-0.15, -0.1) is 0 Å². The Morgan fingerprint density at radius 1 is 1.47 bits per heavy atom. The third-order valence-corrected chi connectivity index (χ3v) is 3.91. The fourth-order valence-electron chi connectivity index (χ4n) is 2.53. The fourth-order valence-corrected chi connectivity index (χ4v) is 2.73. The molecule has 2 fully saturated rings. The Morgan fingerprint density at radius 3 is 2.47 bits per heavy atom. The van der Waals surface area contributed by atoms with Crippen LogP contribution >= 0.6 is 12.6 Å². The zero-order valence-corrected chi connectivity index (χ0v) is 11.1. The van der Waals surface area contributed by atoms with Gasteiger partial charge in [0, 0.05) is 25.9 Å². The number of carbonyl (C=O) groups excluding carboxylic acids is 2. The van der Waals surface area contributed by atoms with Crippen molar-refractivity contribution in [1.82, 2.24) is 15.5 Å². The molecule has 0 aromatic carbocycles. The quantitative estimate of drug-likeness (QED) is 0.602. The molecule has 1 spiro atoms. The summed E-state index contributed by atoms with van der Waals surface area (Å²) < 4.78 is 0. The number of hydrogen-bond donors (Lipinski definition) is 3. The van der Waals surface area contributed by atoms with Crippen LogP contribution in [0.3, 0.4) is 0 Å². The van der Waals surface area contributed by atoms with E-state index in [1.807, 2.05) is 13.8 Å². The van der Waals surface area contributed by atoms with Gasteiger partial charge < -0.3 is 10.2 Å². The SMILES string of the molecule is CC(C)[C@@H]1NC2(CCN(C(=O)S)CC2)NC1=O. The number of nitrogens with zero attached hydrogens (tertiary/aromatic N) is 1. The van der Waals surface area contributed by atoms with E-state index in [1.165, 1.54) is 0 Å². The third-order valence-electron chi connectivity index (χ3n) is 3.63. The molecule has 2 saturated heterocycles. The van der Waals surface area contributed by atoms with E-state index in [1.54, 1.807) is 4.90 Å². The number of likely N-dealkylation sites (tertiary alicyclic amines) is 1. The Kier molecular flexibility index (Phi) is 3.36. The zero-order chi connectivity index (χ0) is 12.6. The number of hydrogen-bond acceptors (Lipinski definition) is 3. The van der Waals surface area contributed by atoms with Crippen LogP contribution in [0.2, 0.25) is 0 Å². The topological polar surface area (TPSA) is 61.4 Å². The molecule has 2 N–H and O–H groups in total. The molecule has 0 radical (unpaired) electrons. The Balaban J connectivity index is 2.00. The van der Waals surface area contributed by atoms with E-state index in [-0.39, 0.29) is 28.8 Å². The highest BCUT2D eigenvalue weighted by molar-refractivity contribution is 7.96. The lowest BCUT2D eigenvalue weighted by atomic mass is 9.97. The molecule has 1 atom stereocenters. The monoisotopic (exact) mass is 257 g/mol. The van der Waals surface area contributed by atoms with Crippen molar-refractivity contribution in [2.75, 3.05) is 13.1 Å². The molecule has 2 aliphatic rings. The average Bonchev–Trinajstić information content (AvgIpc) is 2.56. The number of nitrogens with one attached hydrogen (secondary N) is 2. The molecule has 0 aliphatic carbocycles. The highest BCUT2D eigenvalue weighted by Gasteiger charge is 2.46. The summed E-state index contributed by atoms with van der Waals surface area (Å²) in [6, 6.07) is -0.117. The molecule has 17 heavy (non-hydrogen) atoms. The first-order valence-electron chi connectivity index (χ1n) is 6.01. The van der Waals surface area contributed by atoms with Crippen molar-refractivity contribution in [3.63, 3.8) is 0 Å². The molecule has 2 aliphatic heterocycles. The van der Waals surface area contributed by atoms with Crippen molar-refractivity contribution in [2.24, 2.45) is 5.92 Å². The maximum absolute atomic E-state index is 11.8. The van der Waals surface area contributed by atoms with Crippen LogP contribution in [-0.2, 0) is 4.79 Å². The van der Waals surface area contributed by atoms with Crippen molar-refractivity contribution in [3.05, 3.63) is 0 Å². The molecule has 0 unspecified atom stereocenters. The van der Waals surface area contributed by atoms with Gasteiger partial charge in [0.1, 0.15) is 0 Å². The minimum absolute atomic E-state index is 0.0747. The van der Waals surface area contributed by atoms with E-state index < -0.39 is 0 Å². The van der Waals surface area contributed by atoms with Crippen LogP contribution in [0.5, 0.6) is 0 Å². The number of thiol groups is 1. The second-order valence-electron chi connectivity index (χ2n) is 5.21. The van der Waals surface area contributed by atoms with Gasteiger partial charge >= 0.3 is 0 Å². The van der Waals surface area contributed by atoms with Crippen molar-refractivity contribution in [2.45, 2.75) is 38.4 Å². The van der Waals surface area contributed by atoms with Crippen molar-refractivity contribution in [3.8, 4) is 0 Å². The lowest BCUT2D eigenvalue weighted by Crippen LogP contribution is -2.57. The predicted molar refractivity (Wildman–Crippen MR) is 67.8 cm³/mol. The van der Waals surface area contributed by atoms with Gasteiger partial charge in [-0.3, -0.25) is 14.9 Å². The molecular formula is C11H19N3O2S. The van der Waals surface area contributed by atoms with Crippen LogP contribution in [0, 0.1) is 5.92 Å². The molecular weight excluding hydrogens is 238 g/mol. The average molecular weight is 257 g/mol. The number of rotatable bonds is 1. The van der Waals surface area contributed by atoms with Gasteiger partial charge in [0.25, 0.3) is 5.24 Å². The zero-order valence-electron chi connectivity index (χ0n) is 10.2. The van der Waals surface area contributed by atoms with Gasteiger partial charge in [-0.25, -0.2) is 0 Å². The maximum Gasteiger partial charge on any atom is 0.278 e. The summed E-state index contributed by atoms with van der Waals surface area (Å²) >= 11 is 3.82. The first-order valence-corrected chi connectivity index (χ1v) is 6.46. The van der Waals surface area contributed by atoms with Gasteiger partial charge in [-0.05, 0) is 5.92 Å². The van der Waals surface area contributed by atoms with Crippen molar-refractivity contribution >= 4 is 23.8 Å². The molecule has 0 aromatic rings. The number of amides is 2. The largest absolute Gasteiger partial charge is 0.337 e. The summed E-state index contributed by atoms with van der Waals surface area (Å²) in [5.41, 5.74) is -0.314. The van der Waals surface area contributed by atoms with Gasteiger partial charge in [0.2, 0.25) is 5.91 Å². The van der Waals surface area contributed by atoms with Gasteiger partial charge in [0.15, 0.2) is 0 Å². The summed E-state index contributed by atoms with van der Waals surface area (Å²) in [6.07, 6.45) is 1.49. The Bertz CT molecular complexity index is 338. The first kappa shape index (κ1) is 12.7. The van der Waals surface area contributed by atoms with E-state index in [9.17, 15) is 9.59 Å². The lowest BCUT2D eigenvalue weighted by Gasteiger charge is -2.39. The summed E-state index contributed by atoms with van der Waals surface area (Å²) in [7, 11) is 0. The smallest absolute Gasteiger partial charge is 0.278 e. The summed E-state index contributed by atoms with van der Waals surface area (Å²) in [6.45, 7) is 5.34. The maximum atomic E-state index is 11.8. The molecule has 5 nitrogen and oxygen atoms in total. The van der Waals surface area contributed by atoms with E-state index >= 15 is 0 Å². The molecule has 0 saturated carbocycles. The third kappa shape index (κ3) is 2.42. The molecule has 2 heterocycles. The van der Waals surface area contributed by atoms with E-state index in [0.717, 1.165) is 12.8 Å². The Hall–Kier alpha value is -0.750. The summed E-state index contributed by atoms with van der Waals surface area (Å²) in [5.74, 6) is 0.351. The summed E-state index contributed by atoms with van der Waals surface area (Å²) in [5, 5.41) is 6.25. The van der Waals surface area contributed by atoms with Crippen LogP contribution in [0.25, 0.3) is 0 Å². The molecule has 0 bridgehead atoms. The van der Waals surface area contributed by atoms with Crippen molar-refractivity contribution < 1.29 is 9.59 Å². The summed E-state index contributed by atoms with van der Waals surface area (Å²) in [4.78, 5) is 24.7. The van der Waals surface area contributed by atoms with Gasteiger partial charge in [0.05, 0.1) is 11.7 Å². The van der Waals surface area contributed by atoms with E-state index in [2.05, 4.69) is 23.3 Å². The van der Waals surface area contributed by atoms with Crippen LogP contribution in [0.15, 0.2) is 0 Å².